The highest BCUT2D eigenvalue weighted by atomic mass is 16.3. The van der Waals surface area contributed by atoms with Crippen LogP contribution in [0, 0.1) is 18.8 Å². The van der Waals surface area contributed by atoms with E-state index >= 15 is 0 Å². The van der Waals surface area contributed by atoms with Gasteiger partial charge in [-0.15, -0.1) is 0 Å². The van der Waals surface area contributed by atoms with Crippen molar-refractivity contribution in [3.8, 4) is 34.6 Å². The number of phenolic OH excluding ortho intramolecular Hbond substituents is 2. The summed E-state index contributed by atoms with van der Waals surface area (Å²) in [4.78, 5) is 2.05. The second-order valence-corrected chi connectivity index (χ2v) is 8.04. The lowest BCUT2D eigenvalue weighted by Gasteiger charge is -2.13. The van der Waals surface area contributed by atoms with E-state index in [2.05, 4.69) is 47.6 Å². The molecule has 0 spiro atoms. The number of rotatable bonds is 4. The Kier molecular flexibility index (Phi) is 5.70. The monoisotopic (exact) mass is 410 g/mol. The SMILES string of the molecule is Cc1c(-c2ccc(O)cc2)n(Cc2ccc(C#CCN(C)C)cc2)c2ccc(O)cc12. The highest BCUT2D eigenvalue weighted by molar-refractivity contribution is 5.92. The van der Waals surface area contributed by atoms with Crippen molar-refractivity contribution in [2.75, 3.05) is 20.6 Å². The molecule has 1 aromatic heterocycles. The maximum absolute atomic E-state index is 10.0. The van der Waals surface area contributed by atoms with Gasteiger partial charge >= 0.3 is 0 Å². The largest absolute Gasteiger partial charge is 0.508 e. The van der Waals surface area contributed by atoms with Gasteiger partial charge in [0.2, 0.25) is 0 Å². The Morgan fingerprint density at radius 2 is 1.55 bits per heavy atom. The number of aryl methyl sites for hydroxylation is 1. The van der Waals surface area contributed by atoms with Gasteiger partial charge in [0, 0.05) is 23.0 Å². The van der Waals surface area contributed by atoms with Gasteiger partial charge in [-0.2, -0.15) is 0 Å². The molecule has 3 aromatic carbocycles. The summed E-state index contributed by atoms with van der Waals surface area (Å²) >= 11 is 0. The van der Waals surface area contributed by atoms with Crippen LogP contribution in [0.1, 0.15) is 16.7 Å². The topological polar surface area (TPSA) is 48.6 Å². The van der Waals surface area contributed by atoms with E-state index in [4.69, 9.17) is 0 Å². The average Bonchev–Trinajstić information content (AvgIpc) is 3.01. The number of phenols is 2. The summed E-state index contributed by atoms with van der Waals surface area (Å²) in [6.45, 7) is 3.50. The molecular formula is C27H26N2O2. The molecule has 0 saturated carbocycles. The second-order valence-electron chi connectivity index (χ2n) is 8.04. The standard InChI is InChI=1S/C27H26N2O2/c1-19-25-17-24(31)14-15-26(25)29(27(19)22-10-12-23(30)13-11-22)18-21-8-6-20(7-9-21)5-4-16-28(2)3/h6-15,17,30-31H,16,18H2,1-3H3. The van der Waals surface area contributed by atoms with Gasteiger partial charge in [-0.3, -0.25) is 4.90 Å². The van der Waals surface area contributed by atoms with E-state index in [1.807, 2.05) is 43.3 Å². The molecule has 4 nitrogen and oxygen atoms in total. The van der Waals surface area contributed by atoms with Gasteiger partial charge in [-0.05, 0) is 92.3 Å². The van der Waals surface area contributed by atoms with Crippen molar-refractivity contribution in [1.82, 2.24) is 9.47 Å². The average molecular weight is 411 g/mol. The minimum atomic E-state index is 0.243. The molecule has 31 heavy (non-hydrogen) atoms. The third kappa shape index (κ3) is 4.42. The fourth-order valence-corrected chi connectivity index (χ4v) is 3.84. The molecule has 0 radical (unpaired) electrons. The van der Waals surface area contributed by atoms with E-state index in [1.165, 1.54) is 5.56 Å². The second kappa shape index (κ2) is 8.59. The van der Waals surface area contributed by atoms with Crippen LogP contribution in [-0.2, 0) is 6.54 Å². The summed E-state index contributed by atoms with van der Waals surface area (Å²) in [5.41, 5.74) is 6.44. The summed E-state index contributed by atoms with van der Waals surface area (Å²) in [6, 6.07) is 21.1. The fourth-order valence-electron chi connectivity index (χ4n) is 3.84. The fraction of sp³-hybridized carbons (Fsp3) is 0.185. The number of nitrogens with zero attached hydrogens (tertiary/aromatic N) is 2. The van der Waals surface area contributed by atoms with Gasteiger partial charge in [-0.1, -0.05) is 24.0 Å². The van der Waals surface area contributed by atoms with Gasteiger partial charge in [0.1, 0.15) is 11.5 Å². The van der Waals surface area contributed by atoms with Crippen molar-refractivity contribution in [3.63, 3.8) is 0 Å². The Labute approximate surface area is 183 Å². The molecule has 4 aromatic rings. The van der Waals surface area contributed by atoms with E-state index in [1.54, 1.807) is 18.2 Å². The molecule has 0 atom stereocenters. The molecule has 0 unspecified atom stereocenters. The van der Waals surface area contributed by atoms with Gasteiger partial charge < -0.3 is 14.8 Å². The van der Waals surface area contributed by atoms with Crippen molar-refractivity contribution >= 4 is 10.9 Å². The zero-order chi connectivity index (χ0) is 22.0. The van der Waals surface area contributed by atoms with Crippen molar-refractivity contribution in [1.29, 1.82) is 0 Å². The summed E-state index contributed by atoms with van der Waals surface area (Å²) in [6.07, 6.45) is 0. The maximum Gasteiger partial charge on any atom is 0.116 e. The number of hydrogen-bond acceptors (Lipinski definition) is 3. The minimum Gasteiger partial charge on any atom is -0.508 e. The highest BCUT2D eigenvalue weighted by Crippen LogP contribution is 2.36. The van der Waals surface area contributed by atoms with Crippen LogP contribution in [0.5, 0.6) is 11.5 Å². The summed E-state index contributed by atoms with van der Waals surface area (Å²) in [5.74, 6) is 6.86. The van der Waals surface area contributed by atoms with E-state index in [-0.39, 0.29) is 11.5 Å². The van der Waals surface area contributed by atoms with E-state index in [0.29, 0.717) is 6.54 Å². The van der Waals surface area contributed by atoms with Gasteiger partial charge in [0.15, 0.2) is 0 Å². The summed E-state index contributed by atoms with van der Waals surface area (Å²) in [7, 11) is 4.01. The zero-order valence-corrected chi connectivity index (χ0v) is 18.1. The first-order valence-electron chi connectivity index (χ1n) is 10.3. The first kappa shape index (κ1) is 20.6. The molecule has 4 heteroatoms. The van der Waals surface area contributed by atoms with Crippen molar-refractivity contribution in [2.45, 2.75) is 13.5 Å². The summed E-state index contributed by atoms with van der Waals surface area (Å²) in [5, 5.41) is 20.8. The molecule has 0 aliphatic heterocycles. The lowest BCUT2D eigenvalue weighted by molar-refractivity contribution is 0.464. The van der Waals surface area contributed by atoms with E-state index < -0.39 is 0 Å². The lowest BCUT2D eigenvalue weighted by Crippen LogP contribution is -2.10. The minimum absolute atomic E-state index is 0.243. The molecule has 0 aliphatic carbocycles. The highest BCUT2D eigenvalue weighted by Gasteiger charge is 2.16. The Morgan fingerprint density at radius 3 is 2.23 bits per heavy atom. The Hall–Kier alpha value is -3.68. The van der Waals surface area contributed by atoms with Crippen LogP contribution in [-0.4, -0.2) is 40.3 Å². The molecule has 4 rings (SSSR count). The van der Waals surface area contributed by atoms with Crippen LogP contribution in [0.25, 0.3) is 22.2 Å². The number of aromatic nitrogens is 1. The van der Waals surface area contributed by atoms with Crippen LogP contribution >= 0.6 is 0 Å². The third-order valence-corrected chi connectivity index (χ3v) is 5.36. The molecule has 0 amide bonds. The van der Waals surface area contributed by atoms with Crippen LogP contribution in [0.4, 0.5) is 0 Å². The number of benzene rings is 3. The van der Waals surface area contributed by atoms with Gasteiger partial charge in [0.05, 0.1) is 12.2 Å². The Bertz CT molecular complexity index is 1270. The predicted molar refractivity (Wildman–Crippen MR) is 126 cm³/mol. The van der Waals surface area contributed by atoms with Crippen molar-refractivity contribution in [3.05, 3.63) is 83.4 Å². The van der Waals surface area contributed by atoms with Gasteiger partial charge in [0.25, 0.3) is 0 Å². The molecule has 156 valence electrons. The molecule has 0 saturated heterocycles. The van der Waals surface area contributed by atoms with E-state index in [0.717, 1.165) is 39.8 Å². The smallest absolute Gasteiger partial charge is 0.116 e. The van der Waals surface area contributed by atoms with E-state index in [9.17, 15) is 10.2 Å². The zero-order valence-electron chi connectivity index (χ0n) is 18.1. The first-order chi connectivity index (χ1) is 14.9. The van der Waals surface area contributed by atoms with Gasteiger partial charge in [-0.25, -0.2) is 0 Å². The predicted octanol–water partition coefficient (Wildman–Crippen LogP) is 4.99. The lowest BCUT2D eigenvalue weighted by atomic mass is 10.1. The quantitative estimate of drug-likeness (QED) is 0.466. The van der Waals surface area contributed by atoms with Crippen molar-refractivity contribution < 1.29 is 10.2 Å². The molecular weight excluding hydrogens is 384 g/mol. The van der Waals surface area contributed by atoms with Crippen molar-refractivity contribution in [2.24, 2.45) is 0 Å². The first-order valence-corrected chi connectivity index (χ1v) is 10.3. The maximum atomic E-state index is 10.0. The van der Waals surface area contributed by atoms with Crippen LogP contribution in [0.15, 0.2) is 66.7 Å². The Balaban J connectivity index is 1.75. The Morgan fingerprint density at radius 1 is 0.871 bits per heavy atom. The number of fused-ring (bicyclic) bond motifs is 1. The number of aromatic hydroxyl groups is 2. The molecule has 0 aliphatic rings. The third-order valence-electron chi connectivity index (χ3n) is 5.36. The van der Waals surface area contributed by atoms with Crippen LogP contribution in [0.2, 0.25) is 0 Å². The number of hydrogen-bond donors (Lipinski definition) is 2. The van der Waals surface area contributed by atoms with Crippen LogP contribution in [0.3, 0.4) is 0 Å². The van der Waals surface area contributed by atoms with Crippen LogP contribution < -0.4 is 0 Å². The molecule has 0 bridgehead atoms. The molecule has 2 N–H and O–H groups in total. The molecule has 1 heterocycles. The molecule has 0 fully saturated rings. The normalized spacial score (nSPS) is 11.0. The summed E-state index contributed by atoms with van der Waals surface area (Å²) < 4.78 is 2.27.